The average Bonchev–Trinajstić information content (AvgIpc) is 2.42. The lowest BCUT2D eigenvalue weighted by atomic mass is 10.1. The minimum absolute atomic E-state index is 0.253. The summed E-state index contributed by atoms with van der Waals surface area (Å²) in [6.07, 6.45) is 2.22. The molecular weight excluding hydrogens is 258 g/mol. The molecule has 2 N–H and O–H groups in total. The normalized spacial score (nSPS) is 18.1. The standard InChI is InChI=1S/C14H27N3O3/c1-4-5-6-12(13(18)19)15-14(20)17-9-7-16(8-10-17)11(2)3/h11-12H,4-10H2,1-3H3,(H,15,20)(H,18,19). The number of aliphatic carboxylic acids is 1. The molecule has 1 heterocycles. The molecule has 1 unspecified atom stereocenters. The van der Waals surface area contributed by atoms with E-state index in [0.717, 1.165) is 25.9 Å². The quantitative estimate of drug-likeness (QED) is 0.773. The molecule has 1 atom stereocenters. The van der Waals surface area contributed by atoms with E-state index >= 15 is 0 Å². The van der Waals surface area contributed by atoms with Gasteiger partial charge in [0, 0.05) is 32.2 Å². The molecule has 0 aromatic heterocycles. The Morgan fingerprint density at radius 3 is 2.25 bits per heavy atom. The predicted octanol–water partition coefficient (Wildman–Crippen LogP) is 1.37. The van der Waals surface area contributed by atoms with Crippen molar-refractivity contribution >= 4 is 12.0 Å². The summed E-state index contributed by atoms with van der Waals surface area (Å²) in [6.45, 7) is 9.29. The first-order valence-electron chi connectivity index (χ1n) is 7.48. The van der Waals surface area contributed by atoms with Crippen molar-refractivity contribution in [1.82, 2.24) is 15.1 Å². The third-order valence-corrected chi connectivity index (χ3v) is 3.77. The lowest BCUT2D eigenvalue weighted by Gasteiger charge is -2.37. The highest BCUT2D eigenvalue weighted by Gasteiger charge is 2.26. The number of unbranched alkanes of at least 4 members (excludes halogenated alkanes) is 1. The lowest BCUT2D eigenvalue weighted by Crippen LogP contribution is -2.55. The van der Waals surface area contributed by atoms with Crippen LogP contribution in [0.4, 0.5) is 4.79 Å². The summed E-state index contributed by atoms with van der Waals surface area (Å²) < 4.78 is 0. The first-order valence-corrected chi connectivity index (χ1v) is 7.48. The smallest absolute Gasteiger partial charge is 0.326 e. The van der Waals surface area contributed by atoms with E-state index in [-0.39, 0.29) is 6.03 Å². The van der Waals surface area contributed by atoms with Crippen LogP contribution in [0.25, 0.3) is 0 Å². The van der Waals surface area contributed by atoms with Gasteiger partial charge in [0.15, 0.2) is 0 Å². The molecule has 0 aromatic carbocycles. The highest BCUT2D eigenvalue weighted by molar-refractivity contribution is 5.82. The maximum Gasteiger partial charge on any atom is 0.326 e. The number of nitrogens with zero attached hydrogens (tertiary/aromatic N) is 2. The average molecular weight is 285 g/mol. The van der Waals surface area contributed by atoms with Crippen molar-refractivity contribution in [3.05, 3.63) is 0 Å². The van der Waals surface area contributed by atoms with Crippen LogP contribution in [-0.4, -0.2) is 65.2 Å². The Balaban J connectivity index is 2.43. The van der Waals surface area contributed by atoms with Crippen LogP contribution in [0.5, 0.6) is 0 Å². The van der Waals surface area contributed by atoms with Crippen LogP contribution in [-0.2, 0) is 4.79 Å². The molecule has 0 radical (unpaired) electrons. The van der Waals surface area contributed by atoms with Crippen LogP contribution in [0.1, 0.15) is 40.0 Å². The van der Waals surface area contributed by atoms with E-state index in [1.165, 1.54) is 0 Å². The van der Waals surface area contributed by atoms with Gasteiger partial charge in [-0.1, -0.05) is 19.8 Å². The van der Waals surface area contributed by atoms with Crippen molar-refractivity contribution in [2.45, 2.75) is 52.1 Å². The number of carbonyl (C=O) groups excluding carboxylic acids is 1. The molecule has 2 amide bonds. The lowest BCUT2D eigenvalue weighted by molar-refractivity contribution is -0.139. The molecule has 1 saturated heterocycles. The van der Waals surface area contributed by atoms with Crippen molar-refractivity contribution in [3.8, 4) is 0 Å². The molecule has 1 rings (SSSR count). The molecule has 1 fully saturated rings. The van der Waals surface area contributed by atoms with Gasteiger partial charge >= 0.3 is 12.0 Å². The van der Waals surface area contributed by atoms with Gasteiger partial charge in [-0.3, -0.25) is 4.90 Å². The van der Waals surface area contributed by atoms with Crippen LogP contribution in [0, 0.1) is 0 Å². The monoisotopic (exact) mass is 285 g/mol. The van der Waals surface area contributed by atoms with Gasteiger partial charge in [-0.05, 0) is 20.3 Å². The van der Waals surface area contributed by atoms with E-state index < -0.39 is 12.0 Å². The zero-order chi connectivity index (χ0) is 15.1. The number of carboxylic acid groups (broad SMARTS) is 1. The minimum Gasteiger partial charge on any atom is -0.480 e. The fourth-order valence-electron chi connectivity index (χ4n) is 2.35. The van der Waals surface area contributed by atoms with E-state index in [0.29, 0.717) is 25.6 Å². The summed E-state index contributed by atoms with van der Waals surface area (Å²) in [5.41, 5.74) is 0. The maximum atomic E-state index is 12.1. The van der Waals surface area contributed by atoms with Gasteiger partial charge in [-0.25, -0.2) is 9.59 Å². The van der Waals surface area contributed by atoms with E-state index in [2.05, 4.69) is 24.1 Å². The summed E-state index contributed by atoms with van der Waals surface area (Å²) in [5.74, 6) is -0.951. The molecule has 1 aliphatic heterocycles. The molecule has 0 spiro atoms. The Kier molecular flexibility index (Phi) is 6.78. The third kappa shape index (κ3) is 5.00. The third-order valence-electron chi connectivity index (χ3n) is 3.77. The van der Waals surface area contributed by atoms with E-state index in [1.807, 2.05) is 6.92 Å². The fraction of sp³-hybridized carbons (Fsp3) is 0.857. The summed E-state index contributed by atoms with van der Waals surface area (Å²) in [7, 11) is 0. The van der Waals surface area contributed by atoms with Crippen molar-refractivity contribution in [1.29, 1.82) is 0 Å². The Morgan fingerprint density at radius 1 is 1.20 bits per heavy atom. The number of amides is 2. The van der Waals surface area contributed by atoms with Crippen LogP contribution < -0.4 is 5.32 Å². The first-order chi connectivity index (χ1) is 9.45. The number of carbonyl (C=O) groups is 2. The number of hydrogen-bond donors (Lipinski definition) is 2. The van der Waals surface area contributed by atoms with Crippen LogP contribution in [0.15, 0.2) is 0 Å². The molecule has 0 aliphatic carbocycles. The van der Waals surface area contributed by atoms with Gasteiger partial charge in [0.25, 0.3) is 0 Å². The Hall–Kier alpha value is -1.30. The molecule has 0 saturated carbocycles. The minimum atomic E-state index is -0.951. The highest BCUT2D eigenvalue weighted by atomic mass is 16.4. The van der Waals surface area contributed by atoms with Crippen LogP contribution in [0.3, 0.4) is 0 Å². The molecule has 1 aliphatic rings. The number of carboxylic acids is 1. The predicted molar refractivity (Wildman–Crippen MR) is 77.8 cm³/mol. The molecule has 6 nitrogen and oxygen atoms in total. The Morgan fingerprint density at radius 2 is 1.80 bits per heavy atom. The molecule has 6 heteroatoms. The van der Waals surface area contributed by atoms with Gasteiger partial charge < -0.3 is 15.3 Å². The van der Waals surface area contributed by atoms with Crippen molar-refractivity contribution in [2.24, 2.45) is 0 Å². The van der Waals surface area contributed by atoms with E-state index in [4.69, 9.17) is 5.11 Å². The fourth-order valence-corrected chi connectivity index (χ4v) is 2.35. The second-order valence-corrected chi connectivity index (χ2v) is 5.60. The van der Waals surface area contributed by atoms with Gasteiger partial charge in [0.2, 0.25) is 0 Å². The van der Waals surface area contributed by atoms with Gasteiger partial charge in [-0.2, -0.15) is 0 Å². The largest absolute Gasteiger partial charge is 0.480 e. The first kappa shape index (κ1) is 16.8. The second kappa shape index (κ2) is 8.09. The number of rotatable bonds is 6. The zero-order valence-corrected chi connectivity index (χ0v) is 12.8. The van der Waals surface area contributed by atoms with Crippen molar-refractivity contribution in [3.63, 3.8) is 0 Å². The topological polar surface area (TPSA) is 72.9 Å². The maximum absolute atomic E-state index is 12.1. The number of piperazine rings is 1. The van der Waals surface area contributed by atoms with Crippen molar-refractivity contribution in [2.75, 3.05) is 26.2 Å². The Labute approximate surface area is 121 Å². The summed E-state index contributed by atoms with van der Waals surface area (Å²) in [6, 6.07) is -0.543. The van der Waals surface area contributed by atoms with Gasteiger partial charge in [-0.15, -0.1) is 0 Å². The second-order valence-electron chi connectivity index (χ2n) is 5.60. The molecule has 0 bridgehead atoms. The molecule has 116 valence electrons. The Bertz CT molecular complexity index is 326. The summed E-state index contributed by atoms with van der Waals surface area (Å²) in [4.78, 5) is 27.2. The van der Waals surface area contributed by atoms with Crippen LogP contribution in [0.2, 0.25) is 0 Å². The summed E-state index contributed by atoms with van der Waals surface area (Å²) in [5, 5.41) is 11.8. The molecule has 20 heavy (non-hydrogen) atoms. The van der Waals surface area contributed by atoms with E-state index in [1.54, 1.807) is 4.90 Å². The number of urea groups is 1. The van der Waals surface area contributed by atoms with E-state index in [9.17, 15) is 9.59 Å². The van der Waals surface area contributed by atoms with Gasteiger partial charge in [0.05, 0.1) is 0 Å². The van der Waals surface area contributed by atoms with Gasteiger partial charge in [0.1, 0.15) is 6.04 Å². The molecule has 0 aromatic rings. The number of hydrogen-bond acceptors (Lipinski definition) is 3. The van der Waals surface area contributed by atoms with Crippen LogP contribution >= 0.6 is 0 Å². The zero-order valence-electron chi connectivity index (χ0n) is 12.8. The molecular formula is C14H27N3O3. The summed E-state index contributed by atoms with van der Waals surface area (Å²) >= 11 is 0. The number of nitrogens with one attached hydrogen (secondary N) is 1. The highest BCUT2D eigenvalue weighted by Crippen LogP contribution is 2.07. The SMILES string of the molecule is CCCCC(NC(=O)N1CCN(C(C)C)CC1)C(=O)O. The van der Waals surface area contributed by atoms with Crippen molar-refractivity contribution < 1.29 is 14.7 Å².